The third-order valence-electron chi connectivity index (χ3n) is 2.94. The molecule has 0 aliphatic carbocycles. The van der Waals surface area contributed by atoms with Crippen molar-refractivity contribution in [3.05, 3.63) is 59.5 Å². The van der Waals surface area contributed by atoms with Crippen molar-refractivity contribution >= 4 is 5.82 Å². The molecule has 1 aromatic carbocycles. The molecule has 3 nitrogen and oxygen atoms in total. The molecule has 0 saturated heterocycles. The van der Waals surface area contributed by atoms with Gasteiger partial charge in [0.1, 0.15) is 11.6 Å². The molecule has 1 heterocycles. The van der Waals surface area contributed by atoms with Crippen molar-refractivity contribution in [2.45, 2.75) is 20.0 Å². The predicted molar refractivity (Wildman–Crippen MR) is 80.0 cm³/mol. The van der Waals surface area contributed by atoms with Crippen molar-refractivity contribution in [3.8, 4) is 0 Å². The van der Waals surface area contributed by atoms with E-state index in [0.29, 0.717) is 6.54 Å². The maximum atomic E-state index is 13.1. The molecule has 0 unspecified atom stereocenters. The number of nitrogens with one attached hydrogen (secondary N) is 1. The number of hydrogen-bond donors (Lipinski definition) is 1. The van der Waals surface area contributed by atoms with Gasteiger partial charge in [0.05, 0.1) is 5.69 Å². The van der Waals surface area contributed by atoms with Gasteiger partial charge in [0.15, 0.2) is 0 Å². The van der Waals surface area contributed by atoms with E-state index in [1.165, 1.54) is 6.07 Å². The number of hydrogen-bond acceptors (Lipinski definition) is 3. The number of anilines is 1. The van der Waals surface area contributed by atoms with Crippen molar-refractivity contribution in [1.82, 2.24) is 9.88 Å². The number of pyridine rings is 1. The molecule has 0 atom stereocenters. The third-order valence-corrected chi connectivity index (χ3v) is 2.94. The van der Waals surface area contributed by atoms with Crippen LogP contribution in [0.25, 0.3) is 0 Å². The molecule has 1 N–H and O–H groups in total. The Morgan fingerprint density at radius 2 is 1.95 bits per heavy atom. The quantitative estimate of drug-likeness (QED) is 0.875. The summed E-state index contributed by atoms with van der Waals surface area (Å²) in [5.41, 5.74) is 1.97. The zero-order chi connectivity index (χ0) is 14.4. The Bertz CT molecular complexity index is 557. The second-order valence-electron chi connectivity index (χ2n) is 4.85. The van der Waals surface area contributed by atoms with Crippen molar-refractivity contribution in [3.63, 3.8) is 0 Å². The summed E-state index contributed by atoms with van der Waals surface area (Å²) in [5, 5.41) is 3.20. The summed E-state index contributed by atoms with van der Waals surface area (Å²) < 4.78 is 13.1. The molecule has 0 amide bonds. The smallest absolute Gasteiger partial charge is 0.126 e. The van der Waals surface area contributed by atoms with E-state index >= 15 is 0 Å². The molecule has 0 radical (unpaired) electrons. The van der Waals surface area contributed by atoms with Crippen LogP contribution < -0.4 is 5.32 Å². The van der Waals surface area contributed by atoms with Crippen LogP contribution in [0.2, 0.25) is 0 Å². The Hall–Kier alpha value is -1.94. The Morgan fingerprint density at radius 1 is 1.15 bits per heavy atom. The van der Waals surface area contributed by atoms with E-state index in [9.17, 15) is 4.39 Å². The monoisotopic (exact) mass is 273 g/mol. The minimum atomic E-state index is -0.192. The van der Waals surface area contributed by atoms with Crippen LogP contribution in [0.5, 0.6) is 0 Å². The van der Waals surface area contributed by atoms with Crippen molar-refractivity contribution in [1.29, 1.82) is 0 Å². The Kier molecular flexibility index (Phi) is 5.07. The van der Waals surface area contributed by atoms with Crippen molar-refractivity contribution in [2.24, 2.45) is 0 Å². The van der Waals surface area contributed by atoms with E-state index in [1.807, 2.05) is 38.2 Å². The van der Waals surface area contributed by atoms with Crippen LogP contribution in [0.15, 0.2) is 42.5 Å². The fourth-order valence-corrected chi connectivity index (χ4v) is 2.13. The van der Waals surface area contributed by atoms with Gasteiger partial charge in [-0.05, 0) is 43.8 Å². The first-order chi connectivity index (χ1) is 9.67. The van der Waals surface area contributed by atoms with Gasteiger partial charge in [-0.1, -0.05) is 18.2 Å². The number of rotatable bonds is 6. The summed E-state index contributed by atoms with van der Waals surface area (Å²) in [5.74, 6) is 0.701. The van der Waals surface area contributed by atoms with E-state index in [-0.39, 0.29) is 5.82 Å². The molecule has 1 aromatic heterocycles. The van der Waals surface area contributed by atoms with Crippen molar-refractivity contribution in [2.75, 3.05) is 18.9 Å². The Morgan fingerprint density at radius 3 is 2.70 bits per heavy atom. The number of benzene rings is 1. The molecule has 0 bridgehead atoms. The predicted octanol–water partition coefficient (Wildman–Crippen LogP) is 3.28. The number of aromatic nitrogens is 1. The number of halogens is 1. The summed E-state index contributed by atoms with van der Waals surface area (Å²) in [6.07, 6.45) is 0. The minimum absolute atomic E-state index is 0.192. The normalized spacial score (nSPS) is 10.8. The van der Waals surface area contributed by atoms with Gasteiger partial charge < -0.3 is 5.32 Å². The first-order valence-corrected chi connectivity index (χ1v) is 6.80. The molecule has 0 aliphatic rings. The lowest BCUT2D eigenvalue weighted by Gasteiger charge is -2.16. The van der Waals surface area contributed by atoms with Crippen LogP contribution in [0.4, 0.5) is 10.2 Å². The molecule has 2 rings (SSSR count). The van der Waals surface area contributed by atoms with Gasteiger partial charge in [-0.3, -0.25) is 4.90 Å². The maximum Gasteiger partial charge on any atom is 0.126 e. The molecule has 106 valence electrons. The Labute approximate surface area is 119 Å². The van der Waals surface area contributed by atoms with E-state index in [0.717, 1.165) is 30.2 Å². The van der Waals surface area contributed by atoms with Crippen LogP contribution in [-0.4, -0.2) is 23.5 Å². The van der Waals surface area contributed by atoms with Crippen LogP contribution in [0, 0.1) is 5.82 Å². The highest BCUT2D eigenvalue weighted by molar-refractivity contribution is 5.35. The summed E-state index contributed by atoms with van der Waals surface area (Å²) in [6, 6.07) is 12.7. The maximum absolute atomic E-state index is 13.1. The summed E-state index contributed by atoms with van der Waals surface area (Å²) >= 11 is 0. The highest BCUT2D eigenvalue weighted by atomic mass is 19.1. The largest absolute Gasteiger partial charge is 0.370 e. The molecule has 0 spiro atoms. The van der Waals surface area contributed by atoms with Gasteiger partial charge in [-0.25, -0.2) is 9.37 Å². The van der Waals surface area contributed by atoms with Crippen LogP contribution >= 0.6 is 0 Å². The van der Waals surface area contributed by atoms with E-state index < -0.39 is 0 Å². The van der Waals surface area contributed by atoms with Gasteiger partial charge in [-0.15, -0.1) is 0 Å². The van der Waals surface area contributed by atoms with Gasteiger partial charge in [0, 0.05) is 19.6 Å². The lowest BCUT2D eigenvalue weighted by Crippen LogP contribution is -2.18. The third kappa shape index (κ3) is 4.31. The molecule has 0 saturated carbocycles. The highest BCUT2D eigenvalue weighted by Crippen LogP contribution is 2.10. The minimum Gasteiger partial charge on any atom is -0.370 e. The van der Waals surface area contributed by atoms with E-state index in [4.69, 9.17) is 0 Å². The molecule has 20 heavy (non-hydrogen) atoms. The molecular weight excluding hydrogens is 253 g/mol. The van der Waals surface area contributed by atoms with Gasteiger partial charge in [-0.2, -0.15) is 0 Å². The zero-order valence-corrected chi connectivity index (χ0v) is 11.9. The summed E-state index contributed by atoms with van der Waals surface area (Å²) in [6.45, 7) is 4.33. The fourth-order valence-electron chi connectivity index (χ4n) is 2.13. The highest BCUT2D eigenvalue weighted by Gasteiger charge is 2.04. The molecule has 4 heteroatoms. The molecule has 0 aliphatic heterocycles. The SMILES string of the molecule is CCNc1cccc(CN(C)Cc2cccc(F)c2)n1. The summed E-state index contributed by atoms with van der Waals surface area (Å²) in [7, 11) is 2.01. The van der Waals surface area contributed by atoms with Crippen LogP contribution in [0.1, 0.15) is 18.2 Å². The average Bonchev–Trinajstić information content (AvgIpc) is 2.39. The molecule has 0 fully saturated rings. The van der Waals surface area contributed by atoms with Crippen LogP contribution in [0.3, 0.4) is 0 Å². The molecule has 2 aromatic rings. The van der Waals surface area contributed by atoms with Gasteiger partial charge >= 0.3 is 0 Å². The Balaban J connectivity index is 1.97. The number of nitrogens with zero attached hydrogens (tertiary/aromatic N) is 2. The van der Waals surface area contributed by atoms with E-state index in [2.05, 4.69) is 15.2 Å². The van der Waals surface area contributed by atoms with Crippen LogP contribution in [-0.2, 0) is 13.1 Å². The van der Waals surface area contributed by atoms with E-state index in [1.54, 1.807) is 12.1 Å². The van der Waals surface area contributed by atoms with Gasteiger partial charge in [0.25, 0.3) is 0 Å². The topological polar surface area (TPSA) is 28.2 Å². The lowest BCUT2D eigenvalue weighted by atomic mass is 10.2. The standard InChI is InChI=1S/C16H20FN3/c1-3-18-16-9-5-8-15(19-16)12-20(2)11-13-6-4-7-14(17)10-13/h4-10H,3,11-12H2,1-2H3,(H,18,19). The summed E-state index contributed by atoms with van der Waals surface area (Å²) in [4.78, 5) is 6.65. The lowest BCUT2D eigenvalue weighted by molar-refractivity contribution is 0.315. The fraction of sp³-hybridized carbons (Fsp3) is 0.312. The van der Waals surface area contributed by atoms with Gasteiger partial charge in [0.2, 0.25) is 0 Å². The first kappa shape index (κ1) is 14.5. The first-order valence-electron chi connectivity index (χ1n) is 6.80. The molecular formula is C16H20FN3. The van der Waals surface area contributed by atoms with Crippen molar-refractivity contribution < 1.29 is 4.39 Å². The second-order valence-corrected chi connectivity index (χ2v) is 4.85. The zero-order valence-electron chi connectivity index (χ0n) is 11.9. The second kappa shape index (κ2) is 7.01. The average molecular weight is 273 g/mol.